The second-order valence-electron chi connectivity index (χ2n) is 21.7. The molecule has 0 N–H and O–H groups in total. The Labute approximate surface area is 489 Å². The van der Waals surface area contributed by atoms with Crippen LogP contribution < -0.4 is 4.90 Å². The van der Waals surface area contributed by atoms with Gasteiger partial charge in [0.2, 0.25) is 0 Å². The Morgan fingerprint density at radius 1 is 0.298 bits per heavy atom. The average molecular weight is 1110 g/mol. The van der Waals surface area contributed by atoms with Gasteiger partial charge >= 0.3 is 0 Å². The number of pyridine rings is 2. The molecule has 0 aliphatic rings. The second-order valence-corrected chi connectivity index (χ2v) is 23.8. The van der Waals surface area contributed by atoms with Gasteiger partial charge in [0.05, 0.1) is 42.5 Å². The Morgan fingerprint density at radius 3 is 1.46 bits per heavy atom. The Bertz CT molecular complexity index is 5600. The minimum Gasteiger partial charge on any atom is -0.309 e. The van der Waals surface area contributed by atoms with Crippen LogP contribution in [0.4, 0.5) is 17.2 Å². The molecule has 0 aliphatic heterocycles. The molecular weight excluding hydrogens is 1060 g/mol. The van der Waals surface area contributed by atoms with Crippen molar-refractivity contribution in [1.82, 2.24) is 23.7 Å². The lowest BCUT2D eigenvalue weighted by molar-refractivity contribution is 1.03. The number of hydrogen-bond donors (Lipinski definition) is 0. The number of anilines is 3. The van der Waals surface area contributed by atoms with E-state index in [-0.39, 0.29) is 0 Å². The Kier molecular flexibility index (Phi) is 10.3. The molecule has 0 saturated carbocycles. The van der Waals surface area contributed by atoms with Gasteiger partial charge in [0.15, 0.2) is 11.6 Å². The van der Waals surface area contributed by atoms with Crippen molar-refractivity contribution < 1.29 is 0 Å². The monoisotopic (exact) mass is 1110 g/mol. The lowest BCUT2D eigenvalue weighted by Gasteiger charge is -2.25. The minimum atomic E-state index is 0.870. The van der Waals surface area contributed by atoms with E-state index in [1.54, 1.807) is 11.3 Å². The highest BCUT2D eigenvalue weighted by Gasteiger charge is 2.25. The zero-order valence-corrected chi connectivity index (χ0v) is 46.7. The largest absolute Gasteiger partial charge is 0.309 e. The van der Waals surface area contributed by atoms with E-state index < -0.39 is 0 Å². The maximum atomic E-state index is 5.83. The summed E-state index contributed by atoms with van der Waals surface area (Å²) in [5, 5.41) is 12.0. The number of benzene rings is 11. The minimum absolute atomic E-state index is 0.870. The lowest BCUT2D eigenvalue weighted by Crippen LogP contribution is -2.11. The molecule has 6 nitrogen and oxygen atoms in total. The van der Waals surface area contributed by atoms with Crippen molar-refractivity contribution >= 4 is 146 Å². The first kappa shape index (κ1) is 47.0. The summed E-state index contributed by atoms with van der Waals surface area (Å²) in [7, 11) is 0. The zero-order valence-electron chi connectivity index (χ0n) is 45.1. The molecule has 7 heterocycles. The zero-order chi connectivity index (χ0) is 55.0. The topological polar surface area (TPSA) is 43.8 Å². The van der Waals surface area contributed by atoms with Crippen molar-refractivity contribution in [2.75, 3.05) is 4.90 Å². The Balaban J connectivity index is 0.796. The fourth-order valence-corrected chi connectivity index (χ4v) is 15.6. The van der Waals surface area contributed by atoms with Crippen molar-refractivity contribution in [1.29, 1.82) is 0 Å². The summed E-state index contributed by atoms with van der Waals surface area (Å²) in [4.78, 5) is 13.4. The van der Waals surface area contributed by atoms with Gasteiger partial charge in [-0.15, -0.1) is 22.7 Å². The van der Waals surface area contributed by atoms with E-state index in [1.807, 2.05) is 17.5 Å². The van der Waals surface area contributed by atoms with Crippen LogP contribution in [0.2, 0.25) is 0 Å². The van der Waals surface area contributed by atoms with Crippen molar-refractivity contribution in [3.63, 3.8) is 0 Å². The van der Waals surface area contributed by atoms with Crippen LogP contribution in [0.15, 0.2) is 279 Å². The van der Waals surface area contributed by atoms with Gasteiger partial charge in [-0.1, -0.05) is 164 Å². The van der Waals surface area contributed by atoms with E-state index in [2.05, 4.69) is 292 Å². The Hall–Kier alpha value is -10.6. The smallest absolute Gasteiger partial charge is 0.158 e. The molecule has 0 spiro atoms. The number of aromatic nitrogens is 5. The molecule has 18 aromatic rings. The molecule has 0 amide bonds. The first-order chi connectivity index (χ1) is 41.7. The predicted octanol–water partition coefficient (Wildman–Crippen LogP) is 21.3. The third-order valence-corrected chi connectivity index (χ3v) is 19.4. The van der Waals surface area contributed by atoms with Crippen LogP contribution in [0.5, 0.6) is 0 Å². The SMILES string of the molecule is c1ccc(-c2ccc3sc4c(-n5c6ccccc6c6ccccc65)nc(-n5c6ccccc6c6cc(-c7cccc(N(c8ccccc8)c8nccc9c8sc8ccc(-n%10c%11ccccc%11c%11ccccc%11%10)cc89)c7)ccc65)cc4c3c2)cc1. The summed E-state index contributed by atoms with van der Waals surface area (Å²) in [6.45, 7) is 0. The fraction of sp³-hybridized carbons (Fsp3) is 0. The average Bonchev–Trinajstić information content (AvgIpc) is 2.04. The number of fused-ring (bicyclic) bond motifs is 15. The number of thiophene rings is 2. The molecule has 11 aromatic carbocycles. The molecule has 0 atom stereocenters. The predicted molar refractivity (Wildman–Crippen MR) is 356 cm³/mol. The summed E-state index contributed by atoms with van der Waals surface area (Å²) < 4.78 is 11.9. The molecule has 0 saturated heterocycles. The highest BCUT2D eigenvalue weighted by atomic mass is 32.1. The molecule has 0 fully saturated rings. The normalized spacial score (nSPS) is 12.0. The van der Waals surface area contributed by atoms with E-state index in [1.165, 1.54) is 80.0 Å². The molecule has 0 bridgehead atoms. The lowest BCUT2D eigenvalue weighted by atomic mass is 10.0. The molecule has 7 aromatic heterocycles. The number of nitrogens with zero attached hydrogens (tertiary/aromatic N) is 6. The van der Waals surface area contributed by atoms with Gasteiger partial charge in [-0.25, -0.2) is 9.97 Å². The molecule has 392 valence electrons. The Morgan fingerprint density at radius 2 is 0.786 bits per heavy atom. The molecular formula is C76H46N6S2. The van der Waals surface area contributed by atoms with Gasteiger partial charge in [-0.05, 0) is 131 Å². The van der Waals surface area contributed by atoms with E-state index in [4.69, 9.17) is 9.97 Å². The van der Waals surface area contributed by atoms with Gasteiger partial charge in [0.1, 0.15) is 5.82 Å². The number of rotatable bonds is 8. The van der Waals surface area contributed by atoms with Gasteiger partial charge in [0, 0.05) is 86.5 Å². The third kappa shape index (κ3) is 7.08. The van der Waals surface area contributed by atoms with E-state index >= 15 is 0 Å². The molecule has 18 rings (SSSR count). The van der Waals surface area contributed by atoms with Crippen LogP contribution in [0.3, 0.4) is 0 Å². The highest BCUT2D eigenvalue weighted by Crippen LogP contribution is 2.47. The number of hydrogen-bond acceptors (Lipinski definition) is 5. The van der Waals surface area contributed by atoms with Crippen LogP contribution in [0.25, 0.3) is 145 Å². The molecule has 0 unspecified atom stereocenters. The van der Waals surface area contributed by atoms with Crippen LogP contribution >= 0.6 is 22.7 Å². The fourth-order valence-electron chi connectivity index (χ4n) is 13.3. The summed E-state index contributed by atoms with van der Waals surface area (Å²) in [6.07, 6.45) is 1.97. The van der Waals surface area contributed by atoms with E-state index in [0.717, 1.165) is 82.5 Å². The van der Waals surface area contributed by atoms with Gasteiger partial charge in [-0.3, -0.25) is 14.0 Å². The van der Waals surface area contributed by atoms with Crippen molar-refractivity contribution in [2.45, 2.75) is 0 Å². The van der Waals surface area contributed by atoms with Crippen molar-refractivity contribution in [3.05, 3.63) is 279 Å². The molecule has 0 aliphatic carbocycles. The van der Waals surface area contributed by atoms with Crippen LogP contribution in [0.1, 0.15) is 0 Å². The highest BCUT2D eigenvalue weighted by molar-refractivity contribution is 7.26. The van der Waals surface area contributed by atoms with Crippen LogP contribution in [0, 0.1) is 0 Å². The van der Waals surface area contributed by atoms with E-state index in [9.17, 15) is 0 Å². The van der Waals surface area contributed by atoms with Gasteiger partial charge in [-0.2, -0.15) is 0 Å². The van der Waals surface area contributed by atoms with Crippen molar-refractivity contribution in [2.24, 2.45) is 0 Å². The first-order valence-electron chi connectivity index (χ1n) is 28.4. The molecule has 8 heteroatoms. The summed E-state index contributed by atoms with van der Waals surface area (Å²) in [6, 6.07) is 99.3. The van der Waals surface area contributed by atoms with Crippen molar-refractivity contribution in [3.8, 4) is 39.6 Å². The van der Waals surface area contributed by atoms with Crippen LogP contribution in [-0.4, -0.2) is 23.7 Å². The standard InChI is InChI=1S/C76H46N6S2/c1-3-18-47(19-4-1)49-35-38-70-61(44-49)63-46-72(78-76(74(63)84-70)82-67-32-15-9-26-56(67)57-27-10-16-33-68(57)82)81-66-31-14-11-28-58(66)60-43-50(34-37-69(60)81)48-20-17-23-52(42-48)79(51-21-5-2-6-22-51)75-73-59(40-41-77-75)62-45-53(36-39-71(62)83-73)80-64-29-12-7-24-54(64)55-25-8-13-30-65(55)80/h1-46H. The molecule has 84 heavy (non-hydrogen) atoms. The van der Waals surface area contributed by atoms with Gasteiger partial charge in [0.25, 0.3) is 0 Å². The maximum Gasteiger partial charge on any atom is 0.158 e. The summed E-state index contributed by atoms with van der Waals surface area (Å²) in [5.41, 5.74) is 14.7. The van der Waals surface area contributed by atoms with E-state index in [0.29, 0.717) is 0 Å². The van der Waals surface area contributed by atoms with Crippen LogP contribution in [-0.2, 0) is 0 Å². The third-order valence-electron chi connectivity index (χ3n) is 17.1. The second kappa shape index (κ2) is 18.4. The number of para-hydroxylation sites is 6. The van der Waals surface area contributed by atoms with Gasteiger partial charge < -0.3 is 4.57 Å². The first-order valence-corrected chi connectivity index (χ1v) is 30.0. The summed E-state index contributed by atoms with van der Waals surface area (Å²) >= 11 is 3.62. The summed E-state index contributed by atoms with van der Waals surface area (Å²) in [5.74, 6) is 2.69. The molecule has 0 radical (unpaired) electrons. The quantitative estimate of drug-likeness (QED) is 0.152. The maximum absolute atomic E-state index is 5.83.